The molecule has 4 rings (SSSR count). The van der Waals surface area contributed by atoms with Crippen LogP contribution in [0.15, 0.2) is 42.5 Å². The van der Waals surface area contributed by atoms with Crippen molar-refractivity contribution >= 4 is 23.2 Å². The van der Waals surface area contributed by atoms with E-state index in [9.17, 15) is 18.4 Å². The third-order valence-electron chi connectivity index (χ3n) is 5.45. The van der Waals surface area contributed by atoms with E-state index >= 15 is 0 Å². The molecule has 2 amide bonds. The van der Waals surface area contributed by atoms with Crippen molar-refractivity contribution in [2.75, 3.05) is 16.8 Å². The molecule has 1 fully saturated rings. The first kappa shape index (κ1) is 20.7. The van der Waals surface area contributed by atoms with Crippen molar-refractivity contribution in [3.05, 3.63) is 71.1 Å². The second kappa shape index (κ2) is 8.29. The van der Waals surface area contributed by atoms with Gasteiger partial charge in [-0.05, 0) is 62.7 Å². The molecule has 31 heavy (non-hydrogen) atoms. The highest BCUT2D eigenvalue weighted by molar-refractivity contribution is 5.96. The van der Waals surface area contributed by atoms with Gasteiger partial charge < -0.3 is 10.2 Å². The molecule has 1 saturated heterocycles. The number of aryl methyl sites for hydroxylation is 1. The van der Waals surface area contributed by atoms with Crippen molar-refractivity contribution in [3.8, 4) is 5.69 Å². The van der Waals surface area contributed by atoms with Gasteiger partial charge in [-0.1, -0.05) is 0 Å². The van der Waals surface area contributed by atoms with Crippen LogP contribution in [0.3, 0.4) is 0 Å². The number of carbonyl (C=O) groups excluding carboxylic acids is 2. The van der Waals surface area contributed by atoms with Crippen molar-refractivity contribution < 1.29 is 18.4 Å². The van der Waals surface area contributed by atoms with Gasteiger partial charge in [0.15, 0.2) is 0 Å². The number of hydrogen-bond acceptors (Lipinski definition) is 3. The maximum atomic E-state index is 14.5. The monoisotopic (exact) mass is 424 g/mol. The van der Waals surface area contributed by atoms with Gasteiger partial charge >= 0.3 is 0 Å². The molecule has 0 unspecified atom stereocenters. The summed E-state index contributed by atoms with van der Waals surface area (Å²) in [5.41, 5.74) is 3.45. The van der Waals surface area contributed by atoms with Crippen LogP contribution in [-0.4, -0.2) is 28.1 Å². The molecule has 1 aromatic heterocycles. The first-order valence-corrected chi connectivity index (χ1v) is 10.0. The minimum atomic E-state index is -0.551. The van der Waals surface area contributed by atoms with Gasteiger partial charge in [-0.15, -0.1) is 0 Å². The van der Waals surface area contributed by atoms with E-state index in [1.807, 2.05) is 6.92 Å². The third-order valence-corrected chi connectivity index (χ3v) is 5.45. The minimum Gasteiger partial charge on any atom is -0.326 e. The summed E-state index contributed by atoms with van der Waals surface area (Å²) in [6.07, 6.45) is 1.19. The molecule has 0 aliphatic carbocycles. The molecular formula is C23H22F2N4O2. The average molecular weight is 424 g/mol. The van der Waals surface area contributed by atoms with E-state index in [-0.39, 0.29) is 29.7 Å². The molecule has 0 spiro atoms. The Kier molecular flexibility index (Phi) is 5.54. The van der Waals surface area contributed by atoms with Gasteiger partial charge in [-0.2, -0.15) is 5.10 Å². The summed E-state index contributed by atoms with van der Waals surface area (Å²) < 4.78 is 29.4. The largest absolute Gasteiger partial charge is 0.326 e. The van der Waals surface area contributed by atoms with Gasteiger partial charge in [0.1, 0.15) is 11.6 Å². The number of rotatable bonds is 5. The number of aromatic nitrogens is 2. The molecule has 0 saturated carbocycles. The third kappa shape index (κ3) is 4.19. The van der Waals surface area contributed by atoms with Crippen LogP contribution < -0.4 is 10.2 Å². The Morgan fingerprint density at radius 2 is 1.87 bits per heavy atom. The lowest BCUT2D eigenvalue weighted by Gasteiger charge is -2.17. The molecule has 1 aliphatic rings. The number of halogens is 2. The number of amides is 2. The van der Waals surface area contributed by atoms with Gasteiger partial charge in [0, 0.05) is 29.9 Å². The van der Waals surface area contributed by atoms with Crippen molar-refractivity contribution in [1.82, 2.24) is 9.78 Å². The summed E-state index contributed by atoms with van der Waals surface area (Å²) in [6.45, 7) is 4.14. The molecule has 0 atom stereocenters. The Balaban J connectivity index is 1.48. The Labute approximate surface area is 178 Å². The van der Waals surface area contributed by atoms with Gasteiger partial charge in [0.2, 0.25) is 11.8 Å². The van der Waals surface area contributed by atoms with Crippen LogP contribution in [0.1, 0.15) is 29.8 Å². The van der Waals surface area contributed by atoms with Gasteiger partial charge in [0.25, 0.3) is 0 Å². The predicted molar refractivity (Wildman–Crippen MR) is 113 cm³/mol. The number of hydrogen-bond donors (Lipinski definition) is 1. The Hall–Kier alpha value is -3.55. The van der Waals surface area contributed by atoms with Crippen molar-refractivity contribution in [2.24, 2.45) is 0 Å². The van der Waals surface area contributed by atoms with Gasteiger partial charge in [0.05, 0.1) is 23.5 Å². The fourth-order valence-corrected chi connectivity index (χ4v) is 3.84. The second-order valence-electron chi connectivity index (χ2n) is 7.58. The van der Waals surface area contributed by atoms with Gasteiger partial charge in [-0.25, -0.2) is 13.5 Å². The highest BCUT2D eigenvalue weighted by Crippen LogP contribution is 2.27. The molecule has 8 heteroatoms. The second-order valence-corrected chi connectivity index (χ2v) is 7.58. The van der Waals surface area contributed by atoms with Crippen LogP contribution in [0.25, 0.3) is 5.69 Å². The predicted octanol–water partition coefficient (Wildman–Crippen LogP) is 4.08. The summed E-state index contributed by atoms with van der Waals surface area (Å²) in [4.78, 5) is 25.9. The lowest BCUT2D eigenvalue weighted by atomic mass is 10.1. The number of carbonyl (C=O) groups is 2. The highest BCUT2D eigenvalue weighted by Gasteiger charge is 2.24. The first-order valence-electron chi connectivity index (χ1n) is 10.0. The summed E-state index contributed by atoms with van der Waals surface area (Å²) >= 11 is 0. The summed E-state index contributed by atoms with van der Waals surface area (Å²) in [7, 11) is 0. The molecule has 0 radical (unpaired) electrons. The molecule has 1 N–H and O–H groups in total. The lowest BCUT2D eigenvalue weighted by Crippen LogP contribution is -2.24. The quantitative estimate of drug-likeness (QED) is 0.671. The maximum absolute atomic E-state index is 14.5. The first-order chi connectivity index (χ1) is 14.8. The molecule has 160 valence electrons. The van der Waals surface area contributed by atoms with E-state index < -0.39 is 5.82 Å². The SMILES string of the molecule is Cc1nn(-c2ccc(F)cc2)c(C)c1CC(=O)Nc1ccc(N2CCCC2=O)c(F)c1. The van der Waals surface area contributed by atoms with Crippen LogP contribution in [-0.2, 0) is 16.0 Å². The molecule has 1 aliphatic heterocycles. The number of benzene rings is 2. The number of nitrogens with one attached hydrogen (secondary N) is 1. The van der Waals surface area contributed by atoms with Crippen LogP contribution in [0.4, 0.5) is 20.2 Å². The topological polar surface area (TPSA) is 67.2 Å². The molecule has 3 aromatic rings. The number of anilines is 2. The zero-order chi connectivity index (χ0) is 22.1. The van der Waals surface area contributed by atoms with E-state index in [0.29, 0.717) is 36.5 Å². The zero-order valence-corrected chi connectivity index (χ0v) is 17.3. The zero-order valence-electron chi connectivity index (χ0n) is 17.3. The Morgan fingerprint density at radius 3 is 2.52 bits per heavy atom. The molecule has 2 aromatic carbocycles. The number of nitrogens with zero attached hydrogens (tertiary/aromatic N) is 3. The fraction of sp³-hybridized carbons (Fsp3) is 0.261. The van der Waals surface area contributed by atoms with Crippen LogP contribution >= 0.6 is 0 Å². The average Bonchev–Trinajstić information content (AvgIpc) is 3.27. The lowest BCUT2D eigenvalue weighted by molar-refractivity contribution is -0.117. The van der Waals surface area contributed by atoms with E-state index in [4.69, 9.17) is 0 Å². The molecular weight excluding hydrogens is 402 g/mol. The van der Waals surface area contributed by atoms with Crippen LogP contribution in [0.2, 0.25) is 0 Å². The molecule has 6 nitrogen and oxygen atoms in total. The van der Waals surface area contributed by atoms with Gasteiger partial charge in [-0.3, -0.25) is 9.59 Å². The van der Waals surface area contributed by atoms with Crippen molar-refractivity contribution in [1.29, 1.82) is 0 Å². The van der Waals surface area contributed by atoms with E-state index in [0.717, 1.165) is 11.3 Å². The van der Waals surface area contributed by atoms with Crippen molar-refractivity contribution in [3.63, 3.8) is 0 Å². The van der Waals surface area contributed by atoms with E-state index in [2.05, 4.69) is 10.4 Å². The van der Waals surface area contributed by atoms with Crippen molar-refractivity contribution in [2.45, 2.75) is 33.1 Å². The standard InChI is InChI=1S/C23H22F2N4O2/c1-14-19(15(2)29(27-14)18-8-5-16(24)6-9-18)13-22(30)26-17-7-10-21(20(25)12-17)28-11-3-4-23(28)31/h5-10,12H,3-4,11,13H2,1-2H3,(H,26,30). The normalized spacial score (nSPS) is 13.7. The highest BCUT2D eigenvalue weighted by atomic mass is 19.1. The molecule has 0 bridgehead atoms. The fourth-order valence-electron chi connectivity index (χ4n) is 3.84. The minimum absolute atomic E-state index is 0.0623. The summed E-state index contributed by atoms with van der Waals surface area (Å²) in [5, 5.41) is 7.17. The summed E-state index contributed by atoms with van der Waals surface area (Å²) in [6, 6.07) is 10.3. The maximum Gasteiger partial charge on any atom is 0.228 e. The summed E-state index contributed by atoms with van der Waals surface area (Å²) in [5.74, 6) is -1.30. The van der Waals surface area contributed by atoms with Crippen LogP contribution in [0.5, 0.6) is 0 Å². The Morgan fingerprint density at radius 1 is 1.13 bits per heavy atom. The van der Waals surface area contributed by atoms with E-state index in [1.165, 1.54) is 29.2 Å². The molecule has 2 heterocycles. The van der Waals surface area contributed by atoms with Crippen LogP contribution in [0, 0.1) is 25.5 Å². The smallest absolute Gasteiger partial charge is 0.228 e. The van der Waals surface area contributed by atoms with E-state index in [1.54, 1.807) is 29.8 Å². The Bertz CT molecular complexity index is 1160.